The molecule has 0 bridgehead atoms. The zero-order valence-electron chi connectivity index (χ0n) is 15.2. The van der Waals surface area contributed by atoms with Crippen LogP contribution in [-0.2, 0) is 11.2 Å². The van der Waals surface area contributed by atoms with Gasteiger partial charge in [0.15, 0.2) is 0 Å². The Kier molecular flexibility index (Phi) is 6.49. The Morgan fingerprint density at radius 2 is 2.19 bits per heavy atom. The predicted octanol–water partition coefficient (Wildman–Crippen LogP) is 3.72. The van der Waals surface area contributed by atoms with Crippen LogP contribution >= 0.6 is 11.6 Å². The lowest BCUT2D eigenvalue weighted by Gasteiger charge is -2.45. The molecule has 0 saturated heterocycles. The minimum Gasteiger partial charge on any atom is -0.353 e. The molecule has 1 amide bonds. The molecule has 3 rings (SSSR count). The Balaban J connectivity index is 1.47. The third kappa shape index (κ3) is 4.74. The van der Waals surface area contributed by atoms with E-state index < -0.39 is 0 Å². The summed E-state index contributed by atoms with van der Waals surface area (Å²) in [4.78, 5) is 16.4. The molecule has 2 aliphatic carbocycles. The molecular weight excluding hydrogens is 346 g/mol. The van der Waals surface area contributed by atoms with E-state index >= 15 is 0 Å². The fourth-order valence-electron chi connectivity index (χ4n) is 4.23. The number of hydrogen-bond donors (Lipinski definition) is 2. The van der Waals surface area contributed by atoms with Crippen LogP contribution in [0.3, 0.4) is 0 Å². The maximum Gasteiger partial charge on any atom is 0.220 e. The minimum atomic E-state index is 0.113. The van der Waals surface area contributed by atoms with Crippen LogP contribution in [0.4, 0.5) is 0 Å². The maximum absolute atomic E-state index is 12.3. The molecule has 0 radical (unpaired) electrons. The Labute approximate surface area is 160 Å². The second-order valence-corrected chi connectivity index (χ2v) is 8.06. The largest absolute Gasteiger partial charge is 0.353 e. The van der Waals surface area contributed by atoms with Crippen LogP contribution in [0.25, 0.3) is 0 Å². The molecule has 140 valence electrons. The number of carbonyl (C=O) groups is 1. The Bertz CT molecular complexity index is 663. The van der Waals surface area contributed by atoms with Gasteiger partial charge in [-0.05, 0) is 74.1 Å². The van der Waals surface area contributed by atoms with Crippen LogP contribution in [0.5, 0.6) is 0 Å². The first-order chi connectivity index (χ1) is 12.6. The smallest absolute Gasteiger partial charge is 0.220 e. The number of carbonyl (C=O) groups excluding carboxylic acids is 1. The number of halogens is 1. The van der Waals surface area contributed by atoms with Crippen molar-refractivity contribution in [1.82, 2.24) is 10.3 Å². The first-order valence-electron chi connectivity index (χ1n) is 9.52. The van der Waals surface area contributed by atoms with Gasteiger partial charge in [0.25, 0.3) is 0 Å². The third-order valence-corrected chi connectivity index (χ3v) is 6.22. The molecule has 1 fully saturated rings. The van der Waals surface area contributed by atoms with E-state index in [1.165, 1.54) is 0 Å². The van der Waals surface area contributed by atoms with Gasteiger partial charge in [-0.1, -0.05) is 29.8 Å². The summed E-state index contributed by atoms with van der Waals surface area (Å²) in [5.74, 6) is 0.537. The highest BCUT2D eigenvalue weighted by molar-refractivity contribution is 6.29. The van der Waals surface area contributed by atoms with Crippen molar-refractivity contribution in [2.45, 2.75) is 51.0 Å². The summed E-state index contributed by atoms with van der Waals surface area (Å²) in [7, 11) is 0. The van der Waals surface area contributed by atoms with Gasteiger partial charge in [0.1, 0.15) is 0 Å². The van der Waals surface area contributed by atoms with E-state index in [0.717, 1.165) is 49.1 Å². The van der Waals surface area contributed by atoms with E-state index in [0.29, 0.717) is 18.9 Å². The second-order valence-electron chi connectivity index (χ2n) is 7.58. The van der Waals surface area contributed by atoms with E-state index in [-0.39, 0.29) is 17.4 Å². The number of allylic oxidation sites excluding steroid dienone is 4. The van der Waals surface area contributed by atoms with Crippen molar-refractivity contribution in [2.24, 2.45) is 17.1 Å². The highest BCUT2D eigenvalue weighted by Gasteiger charge is 2.40. The van der Waals surface area contributed by atoms with Crippen molar-refractivity contribution in [3.63, 3.8) is 0 Å². The molecule has 1 heterocycles. The van der Waals surface area contributed by atoms with Gasteiger partial charge in [-0.25, -0.2) is 0 Å². The van der Waals surface area contributed by atoms with Gasteiger partial charge >= 0.3 is 0 Å². The lowest BCUT2D eigenvalue weighted by Crippen LogP contribution is -2.46. The number of amides is 1. The summed E-state index contributed by atoms with van der Waals surface area (Å²) in [6, 6.07) is 4.17. The monoisotopic (exact) mass is 373 g/mol. The number of nitrogens with zero attached hydrogens (tertiary/aromatic N) is 1. The summed E-state index contributed by atoms with van der Waals surface area (Å²) >= 11 is 6.24. The third-order valence-electron chi connectivity index (χ3n) is 5.94. The number of aryl methyl sites for hydroxylation is 1. The SMILES string of the molecule is NCC1(C2C=CC=C(Cl)C2)CCC(NC(=O)CCc2cccnc2)CC1. The molecule has 5 heteroatoms. The molecule has 2 aliphatic rings. The summed E-state index contributed by atoms with van der Waals surface area (Å²) in [6.45, 7) is 0.674. The van der Waals surface area contributed by atoms with Gasteiger partial charge in [0.2, 0.25) is 5.91 Å². The Hall–Kier alpha value is -1.65. The normalized spacial score (nSPS) is 28.5. The van der Waals surface area contributed by atoms with Crippen molar-refractivity contribution in [1.29, 1.82) is 0 Å². The van der Waals surface area contributed by atoms with Crippen molar-refractivity contribution < 1.29 is 4.79 Å². The number of pyridine rings is 1. The number of nitrogens with two attached hydrogens (primary N) is 1. The topological polar surface area (TPSA) is 68.0 Å². The zero-order chi connectivity index (χ0) is 18.4. The molecule has 26 heavy (non-hydrogen) atoms. The number of aromatic nitrogens is 1. The first kappa shape index (κ1) is 19.1. The highest BCUT2D eigenvalue weighted by Crippen LogP contribution is 2.46. The van der Waals surface area contributed by atoms with Crippen molar-refractivity contribution in [2.75, 3.05) is 6.54 Å². The standard InChI is InChI=1S/C21H28ClN3O/c22-18-5-1-4-17(13-18)21(15-23)10-8-19(9-11-21)25-20(26)7-6-16-3-2-12-24-14-16/h1-5,12,14,17,19H,6-11,13,15,23H2,(H,25,26). The van der Waals surface area contributed by atoms with Crippen LogP contribution in [0, 0.1) is 11.3 Å². The van der Waals surface area contributed by atoms with Crippen LogP contribution in [0.15, 0.2) is 47.8 Å². The van der Waals surface area contributed by atoms with Gasteiger partial charge in [-0.2, -0.15) is 0 Å². The molecule has 1 atom stereocenters. The molecule has 1 aromatic heterocycles. The van der Waals surface area contributed by atoms with Gasteiger partial charge in [-0.3, -0.25) is 9.78 Å². The van der Waals surface area contributed by atoms with E-state index in [9.17, 15) is 4.79 Å². The van der Waals surface area contributed by atoms with Crippen molar-refractivity contribution in [3.8, 4) is 0 Å². The maximum atomic E-state index is 12.3. The summed E-state index contributed by atoms with van der Waals surface area (Å²) in [5, 5.41) is 4.12. The fourth-order valence-corrected chi connectivity index (χ4v) is 4.47. The number of rotatable bonds is 6. The average molecular weight is 374 g/mol. The van der Waals surface area contributed by atoms with Gasteiger partial charge < -0.3 is 11.1 Å². The minimum absolute atomic E-state index is 0.113. The van der Waals surface area contributed by atoms with Crippen LogP contribution in [-0.4, -0.2) is 23.5 Å². The van der Waals surface area contributed by atoms with E-state index in [1.807, 2.05) is 24.4 Å². The number of hydrogen-bond acceptors (Lipinski definition) is 3. The summed E-state index contributed by atoms with van der Waals surface area (Å²) < 4.78 is 0. The van der Waals surface area contributed by atoms with Crippen LogP contribution < -0.4 is 11.1 Å². The molecule has 0 spiro atoms. The Morgan fingerprint density at radius 1 is 1.38 bits per heavy atom. The molecule has 1 unspecified atom stereocenters. The molecule has 3 N–H and O–H groups in total. The predicted molar refractivity (Wildman–Crippen MR) is 106 cm³/mol. The van der Waals surface area contributed by atoms with Crippen LogP contribution in [0.2, 0.25) is 0 Å². The summed E-state index contributed by atoms with van der Waals surface area (Å²) in [5.41, 5.74) is 7.40. The average Bonchev–Trinajstić information content (AvgIpc) is 2.68. The van der Waals surface area contributed by atoms with Gasteiger partial charge in [-0.15, -0.1) is 0 Å². The van der Waals surface area contributed by atoms with Gasteiger partial charge in [0, 0.05) is 29.9 Å². The highest BCUT2D eigenvalue weighted by atomic mass is 35.5. The van der Waals surface area contributed by atoms with Crippen molar-refractivity contribution in [3.05, 3.63) is 53.4 Å². The van der Waals surface area contributed by atoms with E-state index in [4.69, 9.17) is 17.3 Å². The summed E-state index contributed by atoms with van der Waals surface area (Å²) in [6.07, 6.45) is 16.0. The second kappa shape index (κ2) is 8.83. The van der Waals surface area contributed by atoms with Gasteiger partial charge in [0.05, 0.1) is 0 Å². The first-order valence-corrected chi connectivity index (χ1v) is 9.90. The van der Waals surface area contributed by atoms with Crippen molar-refractivity contribution >= 4 is 17.5 Å². The zero-order valence-corrected chi connectivity index (χ0v) is 15.9. The van der Waals surface area contributed by atoms with E-state index in [2.05, 4.69) is 22.5 Å². The van der Waals surface area contributed by atoms with Crippen LogP contribution in [0.1, 0.15) is 44.1 Å². The molecule has 1 saturated carbocycles. The van der Waals surface area contributed by atoms with E-state index in [1.54, 1.807) is 6.20 Å². The molecule has 0 aliphatic heterocycles. The molecule has 0 aromatic carbocycles. The lowest BCUT2D eigenvalue weighted by molar-refractivity contribution is -0.122. The fraction of sp³-hybridized carbons (Fsp3) is 0.524. The molecule has 4 nitrogen and oxygen atoms in total. The molecular formula is C21H28ClN3O. The quantitative estimate of drug-likeness (QED) is 0.798. The Morgan fingerprint density at radius 3 is 2.85 bits per heavy atom. The molecule has 1 aromatic rings. The number of nitrogens with one attached hydrogen (secondary N) is 1. The lowest BCUT2D eigenvalue weighted by atomic mass is 9.63.